The SMILES string of the molecule is Cc1ccc(N[C@H]2CCCN(c3ccc(C#N)cn3)C2)cc1C. The van der Waals surface area contributed by atoms with E-state index in [9.17, 15) is 0 Å². The minimum atomic E-state index is 0.420. The van der Waals surface area contributed by atoms with Gasteiger partial charge in [-0.25, -0.2) is 4.98 Å². The summed E-state index contributed by atoms with van der Waals surface area (Å²) in [6, 6.07) is 12.8. The van der Waals surface area contributed by atoms with Crippen molar-refractivity contribution in [3.8, 4) is 6.07 Å². The van der Waals surface area contributed by atoms with Crippen molar-refractivity contribution < 1.29 is 0 Å². The van der Waals surface area contributed by atoms with Crippen LogP contribution in [0.3, 0.4) is 0 Å². The molecule has 2 aromatic rings. The van der Waals surface area contributed by atoms with E-state index in [2.05, 4.69) is 53.3 Å². The highest BCUT2D eigenvalue weighted by Gasteiger charge is 2.20. The molecule has 118 valence electrons. The minimum absolute atomic E-state index is 0.420. The molecule has 0 amide bonds. The average molecular weight is 306 g/mol. The van der Waals surface area contributed by atoms with Crippen LogP contribution in [-0.2, 0) is 0 Å². The molecule has 1 aromatic heterocycles. The quantitative estimate of drug-likeness (QED) is 0.940. The number of hydrogen-bond donors (Lipinski definition) is 1. The average Bonchev–Trinajstić information content (AvgIpc) is 2.58. The summed E-state index contributed by atoms with van der Waals surface area (Å²) in [6.07, 6.45) is 3.96. The molecule has 4 nitrogen and oxygen atoms in total. The van der Waals surface area contributed by atoms with Crippen molar-refractivity contribution in [1.29, 1.82) is 5.26 Å². The topological polar surface area (TPSA) is 52.0 Å². The zero-order valence-electron chi connectivity index (χ0n) is 13.7. The number of anilines is 2. The lowest BCUT2D eigenvalue weighted by Crippen LogP contribution is -2.42. The fraction of sp³-hybridized carbons (Fsp3) is 0.368. The Morgan fingerprint density at radius 2 is 2.09 bits per heavy atom. The summed E-state index contributed by atoms with van der Waals surface area (Å²) in [4.78, 5) is 6.71. The maximum Gasteiger partial charge on any atom is 0.128 e. The predicted molar refractivity (Wildman–Crippen MR) is 93.7 cm³/mol. The van der Waals surface area contributed by atoms with Crippen LogP contribution in [0.4, 0.5) is 11.5 Å². The van der Waals surface area contributed by atoms with E-state index in [1.54, 1.807) is 6.20 Å². The van der Waals surface area contributed by atoms with Crippen molar-refractivity contribution in [2.75, 3.05) is 23.3 Å². The van der Waals surface area contributed by atoms with Crippen LogP contribution in [0.1, 0.15) is 29.5 Å². The summed E-state index contributed by atoms with van der Waals surface area (Å²) in [5.74, 6) is 0.954. The van der Waals surface area contributed by atoms with Gasteiger partial charge in [-0.05, 0) is 62.1 Å². The molecule has 1 atom stereocenters. The molecule has 4 heteroatoms. The summed E-state index contributed by atoms with van der Waals surface area (Å²) in [7, 11) is 0. The minimum Gasteiger partial charge on any atom is -0.381 e. The zero-order chi connectivity index (χ0) is 16.2. The van der Waals surface area contributed by atoms with Crippen molar-refractivity contribution in [3.05, 3.63) is 53.2 Å². The van der Waals surface area contributed by atoms with Gasteiger partial charge in [0.1, 0.15) is 11.9 Å². The Bertz CT molecular complexity index is 715. The fourth-order valence-corrected chi connectivity index (χ4v) is 3.01. The first kappa shape index (κ1) is 15.4. The summed E-state index contributed by atoms with van der Waals surface area (Å²) in [5.41, 5.74) is 4.43. The lowest BCUT2D eigenvalue weighted by atomic mass is 10.0. The summed E-state index contributed by atoms with van der Waals surface area (Å²) in [6.45, 7) is 6.24. The van der Waals surface area contributed by atoms with Gasteiger partial charge in [0.15, 0.2) is 0 Å². The molecule has 1 aliphatic heterocycles. The smallest absolute Gasteiger partial charge is 0.128 e. The maximum absolute atomic E-state index is 8.87. The van der Waals surface area contributed by atoms with Gasteiger partial charge in [0.05, 0.1) is 5.56 Å². The van der Waals surface area contributed by atoms with Crippen LogP contribution in [0.25, 0.3) is 0 Å². The van der Waals surface area contributed by atoms with E-state index in [0.717, 1.165) is 25.3 Å². The van der Waals surface area contributed by atoms with Crippen molar-refractivity contribution in [1.82, 2.24) is 4.98 Å². The predicted octanol–water partition coefficient (Wildman–Crippen LogP) is 3.65. The monoisotopic (exact) mass is 306 g/mol. The Morgan fingerprint density at radius 3 is 2.78 bits per heavy atom. The van der Waals surface area contributed by atoms with Gasteiger partial charge in [0, 0.05) is 31.0 Å². The molecule has 1 N–H and O–H groups in total. The Labute approximate surface area is 137 Å². The summed E-state index contributed by atoms with van der Waals surface area (Å²) >= 11 is 0. The molecule has 1 saturated heterocycles. The van der Waals surface area contributed by atoms with Crippen molar-refractivity contribution in [3.63, 3.8) is 0 Å². The Hall–Kier alpha value is -2.54. The van der Waals surface area contributed by atoms with E-state index < -0.39 is 0 Å². The second-order valence-electron chi connectivity index (χ2n) is 6.25. The number of pyridine rings is 1. The zero-order valence-corrected chi connectivity index (χ0v) is 13.7. The van der Waals surface area contributed by atoms with Crippen LogP contribution >= 0.6 is 0 Å². The molecule has 3 rings (SSSR count). The number of benzene rings is 1. The number of rotatable bonds is 3. The molecule has 2 heterocycles. The molecule has 1 aromatic carbocycles. The van der Waals surface area contributed by atoms with Crippen LogP contribution < -0.4 is 10.2 Å². The van der Waals surface area contributed by atoms with Crippen molar-refractivity contribution >= 4 is 11.5 Å². The first-order chi connectivity index (χ1) is 11.2. The Morgan fingerprint density at radius 1 is 1.22 bits per heavy atom. The fourth-order valence-electron chi connectivity index (χ4n) is 3.01. The first-order valence-corrected chi connectivity index (χ1v) is 8.10. The van der Waals surface area contributed by atoms with Gasteiger partial charge in [-0.15, -0.1) is 0 Å². The van der Waals surface area contributed by atoms with E-state index in [1.807, 2.05) is 12.1 Å². The lowest BCUT2D eigenvalue weighted by Gasteiger charge is -2.34. The van der Waals surface area contributed by atoms with Gasteiger partial charge in [0.25, 0.3) is 0 Å². The van der Waals surface area contributed by atoms with Crippen LogP contribution in [-0.4, -0.2) is 24.1 Å². The molecule has 1 fully saturated rings. The van der Waals surface area contributed by atoms with Crippen LogP contribution in [0.15, 0.2) is 36.5 Å². The molecule has 0 spiro atoms. The Kier molecular flexibility index (Phi) is 4.47. The van der Waals surface area contributed by atoms with E-state index in [4.69, 9.17) is 5.26 Å². The standard InChI is InChI=1S/C19H22N4/c1-14-5-7-17(10-15(14)2)22-18-4-3-9-23(13-18)19-8-6-16(11-20)12-21-19/h5-8,10,12,18,22H,3-4,9,13H2,1-2H3/t18-/m0/s1. The van der Waals surface area contributed by atoms with Gasteiger partial charge >= 0.3 is 0 Å². The molecule has 1 aliphatic rings. The molecule has 0 bridgehead atoms. The second kappa shape index (κ2) is 6.70. The number of aryl methyl sites for hydroxylation is 2. The van der Waals surface area contributed by atoms with E-state index in [1.165, 1.54) is 23.2 Å². The van der Waals surface area contributed by atoms with E-state index in [0.29, 0.717) is 11.6 Å². The highest BCUT2D eigenvalue weighted by molar-refractivity contribution is 5.50. The molecule has 23 heavy (non-hydrogen) atoms. The van der Waals surface area contributed by atoms with Crippen molar-refractivity contribution in [2.24, 2.45) is 0 Å². The summed E-state index contributed by atoms with van der Waals surface area (Å²) in [5, 5.41) is 12.5. The lowest BCUT2D eigenvalue weighted by molar-refractivity contribution is 0.527. The number of nitrogens with zero attached hydrogens (tertiary/aromatic N) is 3. The molecule has 0 unspecified atom stereocenters. The van der Waals surface area contributed by atoms with Crippen LogP contribution in [0.2, 0.25) is 0 Å². The second-order valence-corrected chi connectivity index (χ2v) is 6.25. The Balaban J connectivity index is 1.67. The molecular weight excluding hydrogens is 284 g/mol. The first-order valence-electron chi connectivity index (χ1n) is 8.10. The number of nitriles is 1. The van der Waals surface area contributed by atoms with Crippen molar-refractivity contribution in [2.45, 2.75) is 32.7 Å². The van der Waals surface area contributed by atoms with Crippen LogP contribution in [0.5, 0.6) is 0 Å². The largest absolute Gasteiger partial charge is 0.381 e. The maximum atomic E-state index is 8.87. The number of nitrogens with one attached hydrogen (secondary N) is 1. The van der Waals surface area contributed by atoms with Gasteiger partial charge in [-0.3, -0.25) is 0 Å². The molecule has 0 aliphatic carbocycles. The highest BCUT2D eigenvalue weighted by atomic mass is 15.2. The van der Waals surface area contributed by atoms with Gasteiger partial charge < -0.3 is 10.2 Å². The highest BCUT2D eigenvalue weighted by Crippen LogP contribution is 2.22. The van der Waals surface area contributed by atoms with Gasteiger partial charge in [-0.2, -0.15) is 5.26 Å². The van der Waals surface area contributed by atoms with Gasteiger partial charge in [0.2, 0.25) is 0 Å². The molecular formula is C19H22N4. The number of piperidine rings is 1. The van der Waals surface area contributed by atoms with E-state index in [-0.39, 0.29) is 0 Å². The normalized spacial score (nSPS) is 17.6. The molecule has 0 saturated carbocycles. The molecule has 0 radical (unpaired) electrons. The third-order valence-corrected chi connectivity index (χ3v) is 4.50. The van der Waals surface area contributed by atoms with E-state index >= 15 is 0 Å². The van der Waals surface area contributed by atoms with Crippen LogP contribution in [0, 0.1) is 25.2 Å². The number of hydrogen-bond acceptors (Lipinski definition) is 4. The summed E-state index contributed by atoms with van der Waals surface area (Å²) < 4.78 is 0. The third kappa shape index (κ3) is 3.62. The van der Waals surface area contributed by atoms with Gasteiger partial charge in [-0.1, -0.05) is 6.07 Å². The number of aromatic nitrogens is 1. The third-order valence-electron chi connectivity index (χ3n) is 4.50.